The molecule has 0 heterocycles. The smallest absolute Gasteiger partial charge is 0.303 e. The summed E-state index contributed by atoms with van der Waals surface area (Å²) in [6, 6.07) is 3.56. The number of hydrogen-bond donors (Lipinski definition) is 1. The Morgan fingerprint density at radius 1 is 1.42 bits per heavy atom. The van der Waals surface area contributed by atoms with E-state index in [2.05, 4.69) is 0 Å². The van der Waals surface area contributed by atoms with Gasteiger partial charge >= 0.3 is 5.97 Å². The summed E-state index contributed by atoms with van der Waals surface area (Å²) >= 11 is 0. The first kappa shape index (κ1) is 15.6. The molecule has 7 heteroatoms. The molecule has 0 amide bonds. The van der Waals surface area contributed by atoms with E-state index in [1.165, 1.54) is 19.2 Å². The minimum absolute atomic E-state index is 0.0740. The van der Waals surface area contributed by atoms with Crippen molar-refractivity contribution < 1.29 is 22.7 Å². The van der Waals surface area contributed by atoms with Gasteiger partial charge in [0.15, 0.2) is 0 Å². The van der Waals surface area contributed by atoms with E-state index in [4.69, 9.17) is 5.11 Å². The average molecular weight is 289 g/mol. The van der Waals surface area contributed by atoms with Crippen LogP contribution in [0, 0.1) is 12.7 Å². The molecule has 0 aliphatic heterocycles. The number of nitrogens with zero attached hydrogens (tertiary/aromatic N) is 1. The lowest BCUT2D eigenvalue weighted by molar-refractivity contribution is -0.137. The van der Waals surface area contributed by atoms with Crippen molar-refractivity contribution in [1.82, 2.24) is 4.31 Å². The molecule has 0 aliphatic rings. The van der Waals surface area contributed by atoms with Gasteiger partial charge in [0.05, 0.1) is 4.90 Å². The summed E-state index contributed by atoms with van der Waals surface area (Å²) in [6.45, 7) is 1.65. The Kier molecular flexibility index (Phi) is 5.02. The van der Waals surface area contributed by atoms with Crippen LogP contribution >= 0.6 is 0 Å². The molecule has 5 nitrogen and oxygen atoms in total. The molecule has 1 aromatic rings. The number of sulfonamides is 1. The van der Waals surface area contributed by atoms with Crippen molar-refractivity contribution in [3.63, 3.8) is 0 Å². The number of carboxylic acid groups (broad SMARTS) is 1. The van der Waals surface area contributed by atoms with Crippen LogP contribution < -0.4 is 0 Å². The van der Waals surface area contributed by atoms with E-state index in [0.717, 1.165) is 10.4 Å². The molecule has 0 atom stereocenters. The number of aliphatic carboxylic acids is 1. The highest BCUT2D eigenvalue weighted by Gasteiger charge is 2.23. The second kappa shape index (κ2) is 6.12. The van der Waals surface area contributed by atoms with Crippen molar-refractivity contribution in [2.45, 2.75) is 24.7 Å². The van der Waals surface area contributed by atoms with Crippen molar-refractivity contribution in [2.24, 2.45) is 0 Å². The minimum Gasteiger partial charge on any atom is -0.481 e. The Balaban J connectivity index is 2.90. The largest absolute Gasteiger partial charge is 0.481 e. The highest BCUT2D eigenvalue weighted by atomic mass is 32.2. The Morgan fingerprint density at radius 2 is 2.05 bits per heavy atom. The van der Waals surface area contributed by atoms with Gasteiger partial charge < -0.3 is 5.11 Å². The van der Waals surface area contributed by atoms with Crippen LogP contribution in [-0.4, -0.2) is 37.4 Å². The Morgan fingerprint density at radius 3 is 2.63 bits per heavy atom. The van der Waals surface area contributed by atoms with Crippen LogP contribution in [-0.2, 0) is 14.8 Å². The van der Waals surface area contributed by atoms with Gasteiger partial charge in [-0.1, -0.05) is 6.07 Å². The van der Waals surface area contributed by atoms with Gasteiger partial charge in [0, 0.05) is 20.0 Å². The van der Waals surface area contributed by atoms with Crippen molar-refractivity contribution >= 4 is 16.0 Å². The van der Waals surface area contributed by atoms with Crippen LogP contribution in [0.1, 0.15) is 18.4 Å². The molecular weight excluding hydrogens is 273 g/mol. The van der Waals surface area contributed by atoms with Gasteiger partial charge in [-0.2, -0.15) is 0 Å². The lowest BCUT2D eigenvalue weighted by Gasteiger charge is -2.18. The second-order valence-electron chi connectivity index (χ2n) is 4.23. The van der Waals surface area contributed by atoms with Gasteiger partial charge in [-0.25, -0.2) is 17.1 Å². The molecule has 1 rings (SSSR count). The summed E-state index contributed by atoms with van der Waals surface area (Å²) in [5.74, 6) is -1.60. The van der Waals surface area contributed by atoms with Crippen LogP contribution in [0.5, 0.6) is 0 Å². The second-order valence-corrected chi connectivity index (χ2v) is 6.25. The van der Waals surface area contributed by atoms with Gasteiger partial charge in [-0.3, -0.25) is 4.79 Å². The quantitative estimate of drug-likeness (QED) is 0.863. The standard InChI is InChI=1S/C12H16FNO4S/c1-9-5-6-10(13)8-11(9)19(17,18)14(2)7-3-4-12(15)16/h5-6,8H,3-4,7H2,1-2H3,(H,15,16). The zero-order valence-corrected chi connectivity index (χ0v) is 11.6. The summed E-state index contributed by atoms with van der Waals surface area (Å²) < 4.78 is 38.6. The summed E-state index contributed by atoms with van der Waals surface area (Å²) in [7, 11) is -2.44. The van der Waals surface area contributed by atoms with E-state index in [-0.39, 0.29) is 24.3 Å². The fourth-order valence-corrected chi connectivity index (χ4v) is 3.03. The van der Waals surface area contributed by atoms with Gasteiger partial charge in [-0.15, -0.1) is 0 Å². The fourth-order valence-electron chi connectivity index (χ4n) is 1.59. The van der Waals surface area contributed by atoms with E-state index >= 15 is 0 Å². The first-order chi connectivity index (χ1) is 8.75. The van der Waals surface area contributed by atoms with Crippen LogP contribution in [0.2, 0.25) is 0 Å². The molecule has 106 valence electrons. The normalized spacial score (nSPS) is 11.8. The summed E-state index contributed by atoms with van der Waals surface area (Å²) in [5, 5.41) is 8.51. The molecule has 0 saturated carbocycles. The number of benzene rings is 1. The molecule has 0 saturated heterocycles. The Hall–Kier alpha value is -1.47. The maximum absolute atomic E-state index is 13.1. The van der Waals surface area contributed by atoms with Crippen LogP contribution in [0.25, 0.3) is 0 Å². The Labute approximate surface area is 111 Å². The monoisotopic (exact) mass is 289 g/mol. The fraction of sp³-hybridized carbons (Fsp3) is 0.417. The van der Waals surface area contributed by atoms with Crippen molar-refractivity contribution in [3.05, 3.63) is 29.6 Å². The highest BCUT2D eigenvalue weighted by molar-refractivity contribution is 7.89. The number of rotatable bonds is 6. The molecule has 1 N–H and O–H groups in total. The van der Waals surface area contributed by atoms with Gasteiger partial charge in [-0.05, 0) is 31.0 Å². The third-order valence-corrected chi connectivity index (χ3v) is 4.70. The molecular formula is C12H16FNO4S. The summed E-state index contributed by atoms with van der Waals surface area (Å²) in [5.41, 5.74) is 0.450. The first-order valence-electron chi connectivity index (χ1n) is 5.69. The third-order valence-electron chi connectivity index (χ3n) is 2.70. The van der Waals surface area contributed by atoms with E-state index in [1.54, 1.807) is 6.92 Å². The van der Waals surface area contributed by atoms with E-state index in [1.807, 2.05) is 0 Å². The van der Waals surface area contributed by atoms with Crippen LogP contribution in [0.15, 0.2) is 23.1 Å². The number of carboxylic acids is 1. The predicted molar refractivity (Wildman–Crippen MR) is 67.8 cm³/mol. The average Bonchev–Trinajstić information content (AvgIpc) is 2.31. The maximum atomic E-state index is 13.1. The topological polar surface area (TPSA) is 74.7 Å². The van der Waals surface area contributed by atoms with Crippen LogP contribution in [0.4, 0.5) is 4.39 Å². The molecule has 0 aromatic heterocycles. The number of aryl methyl sites for hydroxylation is 1. The SMILES string of the molecule is Cc1ccc(F)cc1S(=O)(=O)N(C)CCCC(=O)O. The van der Waals surface area contributed by atoms with Crippen molar-refractivity contribution in [3.8, 4) is 0 Å². The predicted octanol–water partition coefficient (Wildman–Crippen LogP) is 1.62. The molecule has 0 fully saturated rings. The van der Waals surface area contributed by atoms with Crippen LogP contribution in [0.3, 0.4) is 0 Å². The van der Waals surface area contributed by atoms with E-state index in [9.17, 15) is 17.6 Å². The molecule has 0 unspecified atom stereocenters. The molecule has 0 aliphatic carbocycles. The molecule has 1 aromatic carbocycles. The summed E-state index contributed by atoms with van der Waals surface area (Å²) in [6.07, 6.45) is 0.0986. The van der Waals surface area contributed by atoms with Crippen molar-refractivity contribution in [2.75, 3.05) is 13.6 Å². The summed E-state index contributed by atoms with van der Waals surface area (Å²) in [4.78, 5) is 10.3. The maximum Gasteiger partial charge on any atom is 0.303 e. The zero-order valence-electron chi connectivity index (χ0n) is 10.8. The molecule has 19 heavy (non-hydrogen) atoms. The number of hydrogen-bond acceptors (Lipinski definition) is 3. The molecule has 0 radical (unpaired) electrons. The zero-order chi connectivity index (χ0) is 14.6. The number of carbonyl (C=O) groups is 1. The van der Waals surface area contributed by atoms with E-state index in [0.29, 0.717) is 5.56 Å². The minimum atomic E-state index is -3.79. The molecule has 0 bridgehead atoms. The van der Waals surface area contributed by atoms with Crippen molar-refractivity contribution in [1.29, 1.82) is 0 Å². The van der Waals surface area contributed by atoms with Gasteiger partial charge in [0.25, 0.3) is 0 Å². The Bertz CT molecular complexity index is 571. The lowest BCUT2D eigenvalue weighted by Crippen LogP contribution is -2.29. The van der Waals surface area contributed by atoms with Gasteiger partial charge in [0.1, 0.15) is 5.82 Å². The van der Waals surface area contributed by atoms with E-state index < -0.39 is 21.8 Å². The third kappa shape index (κ3) is 4.00. The lowest BCUT2D eigenvalue weighted by atomic mass is 10.2. The first-order valence-corrected chi connectivity index (χ1v) is 7.13. The number of halogens is 1. The van der Waals surface area contributed by atoms with Gasteiger partial charge in [0.2, 0.25) is 10.0 Å². The highest BCUT2D eigenvalue weighted by Crippen LogP contribution is 2.20. The molecule has 0 spiro atoms.